The van der Waals surface area contributed by atoms with Crippen LogP contribution >= 0.6 is 0 Å². The van der Waals surface area contributed by atoms with E-state index in [4.69, 9.17) is 0 Å². The summed E-state index contributed by atoms with van der Waals surface area (Å²) in [6.45, 7) is 9.87. The van der Waals surface area contributed by atoms with Crippen molar-refractivity contribution in [2.24, 2.45) is 15.9 Å². The van der Waals surface area contributed by atoms with Gasteiger partial charge in [-0.3, -0.25) is 9.98 Å². The molecular weight excluding hydrogens is 292 g/mol. The highest BCUT2D eigenvalue weighted by Gasteiger charge is 2.23. The summed E-state index contributed by atoms with van der Waals surface area (Å²) in [6, 6.07) is 9.17. The first-order valence-electron chi connectivity index (χ1n) is 9.51. The lowest BCUT2D eigenvalue weighted by Crippen LogP contribution is -2.17. The van der Waals surface area contributed by atoms with Crippen molar-refractivity contribution in [3.8, 4) is 0 Å². The second-order valence-electron chi connectivity index (χ2n) is 6.77. The maximum Gasteiger partial charge on any atom is 0.0558 e. The molecule has 1 heterocycles. The number of hydrogen-bond acceptors (Lipinski definition) is 2. The van der Waals surface area contributed by atoms with Crippen LogP contribution in [0, 0.1) is 5.92 Å². The molecule has 2 rings (SSSR count). The van der Waals surface area contributed by atoms with Gasteiger partial charge in [0.15, 0.2) is 0 Å². The molecule has 2 nitrogen and oxygen atoms in total. The maximum absolute atomic E-state index is 4.63. The van der Waals surface area contributed by atoms with Crippen molar-refractivity contribution in [1.82, 2.24) is 0 Å². The van der Waals surface area contributed by atoms with Gasteiger partial charge in [-0.15, -0.1) is 0 Å². The number of nitrogens with zero attached hydrogens (tertiary/aromatic N) is 2. The molecule has 0 saturated carbocycles. The molecule has 1 aliphatic heterocycles. The van der Waals surface area contributed by atoms with E-state index in [1.54, 1.807) is 0 Å². The Labute approximate surface area is 147 Å². The molecule has 0 aliphatic carbocycles. The highest BCUT2D eigenvalue weighted by molar-refractivity contribution is 6.16. The summed E-state index contributed by atoms with van der Waals surface area (Å²) in [4.78, 5) is 9.15. The molecule has 0 fully saturated rings. The lowest BCUT2D eigenvalue weighted by molar-refractivity contribution is 0.505. The van der Waals surface area contributed by atoms with Gasteiger partial charge < -0.3 is 0 Å². The number of rotatable bonds is 7. The van der Waals surface area contributed by atoms with E-state index in [-0.39, 0.29) is 6.04 Å². The van der Waals surface area contributed by atoms with Crippen LogP contribution in [0.2, 0.25) is 0 Å². The lowest BCUT2D eigenvalue weighted by atomic mass is 9.83. The van der Waals surface area contributed by atoms with Gasteiger partial charge in [-0.1, -0.05) is 64.0 Å². The van der Waals surface area contributed by atoms with E-state index in [1.807, 2.05) is 12.4 Å². The van der Waals surface area contributed by atoms with Gasteiger partial charge in [-0.2, -0.15) is 0 Å². The molecule has 0 radical (unpaired) electrons. The van der Waals surface area contributed by atoms with E-state index in [1.165, 1.54) is 36.0 Å². The smallest absolute Gasteiger partial charge is 0.0558 e. The summed E-state index contributed by atoms with van der Waals surface area (Å²) < 4.78 is 0. The molecule has 1 aromatic carbocycles. The topological polar surface area (TPSA) is 24.7 Å². The van der Waals surface area contributed by atoms with Crippen LogP contribution in [0.25, 0.3) is 5.57 Å². The number of hydrogen-bond donors (Lipinski definition) is 0. The first kappa shape index (κ1) is 18.6. The van der Waals surface area contributed by atoms with Gasteiger partial charge in [0.25, 0.3) is 0 Å². The third kappa shape index (κ3) is 4.66. The van der Waals surface area contributed by atoms with Gasteiger partial charge in [-0.05, 0) is 42.4 Å². The minimum absolute atomic E-state index is 0.268. The zero-order valence-electron chi connectivity index (χ0n) is 15.7. The van der Waals surface area contributed by atoms with Gasteiger partial charge in [0, 0.05) is 24.9 Å². The fraction of sp³-hybridized carbons (Fsp3) is 0.545. The van der Waals surface area contributed by atoms with Crippen molar-refractivity contribution in [3.05, 3.63) is 41.5 Å². The summed E-state index contributed by atoms with van der Waals surface area (Å²) in [5, 5.41) is 0. The van der Waals surface area contributed by atoms with Crippen molar-refractivity contribution in [3.63, 3.8) is 0 Å². The average Bonchev–Trinajstić information content (AvgIpc) is 2.83. The summed E-state index contributed by atoms with van der Waals surface area (Å²) in [5.41, 5.74) is 4.33. The molecule has 0 amide bonds. The van der Waals surface area contributed by atoms with Crippen molar-refractivity contribution >= 4 is 18.0 Å². The fourth-order valence-electron chi connectivity index (χ4n) is 3.56. The Morgan fingerprint density at radius 1 is 1.17 bits per heavy atom. The van der Waals surface area contributed by atoms with Crippen LogP contribution in [0.4, 0.5) is 0 Å². The molecule has 1 aliphatic rings. The molecule has 0 spiro atoms. The first-order valence-corrected chi connectivity index (χ1v) is 9.51. The predicted octanol–water partition coefficient (Wildman–Crippen LogP) is 5.93. The maximum atomic E-state index is 4.63. The van der Waals surface area contributed by atoms with Crippen LogP contribution in [0.3, 0.4) is 0 Å². The van der Waals surface area contributed by atoms with E-state index in [0.717, 1.165) is 18.9 Å². The Balaban J connectivity index is 2.40. The largest absolute Gasteiger partial charge is 0.291 e. The normalized spacial score (nSPS) is 21.3. The van der Waals surface area contributed by atoms with Crippen molar-refractivity contribution in [2.45, 2.75) is 65.3 Å². The molecule has 130 valence electrons. The van der Waals surface area contributed by atoms with Crippen molar-refractivity contribution in [1.29, 1.82) is 0 Å². The molecule has 0 bridgehead atoms. The van der Waals surface area contributed by atoms with Crippen LogP contribution in [0.1, 0.15) is 70.4 Å². The third-order valence-corrected chi connectivity index (χ3v) is 5.20. The van der Waals surface area contributed by atoms with E-state index in [0.29, 0.717) is 5.92 Å². The molecule has 1 aromatic rings. The van der Waals surface area contributed by atoms with Crippen molar-refractivity contribution < 1.29 is 0 Å². The molecule has 2 atom stereocenters. The standard InChI is InChI=1S/C22H32N2/c1-5-10-19(15-18(6-2)7-3)20-11-8-9-12-21(20)22-16-23-13-14-24-17(22)4/h8-14,17-18,22H,5-7,15-16H2,1-4H3. The Kier molecular flexibility index (Phi) is 7.42. The van der Waals surface area contributed by atoms with Gasteiger partial charge in [-0.25, -0.2) is 0 Å². The van der Waals surface area contributed by atoms with E-state index >= 15 is 0 Å². The quantitative estimate of drug-likeness (QED) is 0.593. The van der Waals surface area contributed by atoms with Crippen LogP contribution in [-0.4, -0.2) is 25.0 Å². The van der Waals surface area contributed by atoms with Gasteiger partial charge >= 0.3 is 0 Å². The van der Waals surface area contributed by atoms with Crippen LogP contribution in [-0.2, 0) is 0 Å². The predicted molar refractivity (Wildman–Crippen MR) is 107 cm³/mol. The lowest BCUT2D eigenvalue weighted by Gasteiger charge is -2.24. The summed E-state index contributed by atoms with van der Waals surface area (Å²) in [5.74, 6) is 1.12. The minimum atomic E-state index is 0.268. The molecule has 0 N–H and O–H groups in total. The monoisotopic (exact) mass is 324 g/mol. The Hall–Kier alpha value is -1.70. The number of aliphatic imine (C=N–C) groups is 2. The molecule has 0 aromatic heterocycles. The Morgan fingerprint density at radius 2 is 1.92 bits per heavy atom. The molecule has 24 heavy (non-hydrogen) atoms. The van der Waals surface area contributed by atoms with Gasteiger partial charge in [0.05, 0.1) is 6.04 Å². The molecule has 2 heteroatoms. The Morgan fingerprint density at radius 3 is 2.62 bits per heavy atom. The molecule has 2 unspecified atom stereocenters. The average molecular weight is 325 g/mol. The third-order valence-electron chi connectivity index (χ3n) is 5.20. The van der Waals surface area contributed by atoms with Gasteiger partial charge in [0.2, 0.25) is 0 Å². The Bertz CT molecular complexity index is 594. The second-order valence-corrected chi connectivity index (χ2v) is 6.77. The highest BCUT2D eigenvalue weighted by atomic mass is 14.8. The first-order chi connectivity index (χ1) is 11.7. The SMILES string of the molecule is CCC=C(CC(CC)CC)c1ccccc1C1CN=CC=NC1C. The number of benzene rings is 1. The molecule has 0 saturated heterocycles. The van der Waals surface area contributed by atoms with Gasteiger partial charge in [0.1, 0.15) is 0 Å². The number of allylic oxidation sites excluding steroid dienone is 2. The zero-order valence-corrected chi connectivity index (χ0v) is 15.7. The van der Waals surface area contributed by atoms with E-state index in [9.17, 15) is 0 Å². The van der Waals surface area contributed by atoms with Crippen LogP contribution < -0.4 is 0 Å². The summed E-state index contributed by atoms with van der Waals surface area (Å²) in [7, 11) is 0. The highest BCUT2D eigenvalue weighted by Crippen LogP contribution is 2.34. The fourth-order valence-corrected chi connectivity index (χ4v) is 3.56. The minimum Gasteiger partial charge on any atom is -0.291 e. The zero-order chi connectivity index (χ0) is 17.4. The summed E-state index contributed by atoms with van der Waals surface area (Å²) in [6.07, 6.45) is 10.9. The van der Waals surface area contributed by atoms with Crippen LogP contribution in [0.15, 0.2) is 40.3 Å². The summed E-state index contributed by atoms with van der Waals surface area (Å²) >= 11 is 0. The second kappa shape index (κ2) is 9.56. The van der Waals surface area contributed by atoms with Crippen LogP contribution in [0.5, 0.6) is 0 Å². The van der Waals surface area contributed by atoms with E-state index in [2.05, 4.69) is 68.0 Å². The molecular formula is C22H32N2. The van der Waals surface area contributed by atoms with E-state index < -0.39 is 0 Å². The van der Waals surface area contributed by atoms with Crippen molar-refractivity contribution in [2.75, 3.05) is 6.54 Å².